The molecule has 2 aliphatic rings. The molecule has 2 aliphatic heterocycles. The number of hydrogen-bond donors (Lipinski definition) is 3. The monoisotopic (exact) mass is 663 g/mol. The molecule has 2 heterocycles. The van der Waals surface area contributed by atoms with Gasteiger partial charge in [-0.25, -0.2) is 4.79 Å². The molecule has 0 spiro atoms. The highest BCUT2D eigenvalue weighted by atomic mass is 16.5. The van der Waals surface area contributed by atoms with Crippen LogP contribution in [0.3, 0.4) is 0 Å². The van der Waals surface area contributed by atoms with Gasteiger partial charge in [0, 0.05) is 38.4 Å². The van der Waals surface area contributed by atoms with Crippen LogP contribution in [-0.2, 0) is 4.79 Å². The van der Waals surface area contributed by atoms with Crippen molar-refractivity contribution in [3.05, 3.63) is 113 Å². The Bertz CT molecular complexity index is 1700. The van der Waals surface area contributed by atoms with E-state index in [0.717, 1.165) is 65.5 Å². The van der Waals surface area contributed by atoms with Gasteiger partial charge in [-0.1, -0.05) is 78.9 Å². The van der Waals surface area contributed by atoms with Crippen molar-refractivity contribution in [1.29, 1.82) is 0 Å². The highest BCUT2D eigenvalue weighted by Gasteiger charge is 2.23. The summed E-state index contributed by atoms with van der Waals surface area (Å²) in [6, 6.07) is 28.3. The van der Waals surface area contributed by atoms with Gasteiger partial charge in [-0.3, -0.25) is 19.5 Å². The number of rotatable bonds is 9. The Labute approximate surface area is 288 Å². The Hall–Kier alpha value is -5.16. The lowest BCUT2D eigenvalue weighted by Crippen LogP contribution is -2.50. The van der Waals surface area contributed by atoms with Gasteiger partial charge < -0.3 is 25.6 Å². The number of carbonyl (C=O) groups is 2. The fourth-order valence-electron chi connectivity index (χ4n) is 6.01. The lowest BCUT2D eigenvalue weighted by atomic mass is 10.1. The van der Waals surface area contributed by atoms with E-state index in [2.05, 4.69) is 15.1 Å². The number of aliphatic hydroxyl groups is 1. The molecule has 0 radical (unpaired) electrons. The lowest BCUT2D eigenvalue weighted by molar-refractivity contribution is -0.117. The minimum Gasteiger partial charge on any atom is -0.493 e. The van der Waals surface area contributed by atoms with Crippen molar-refractivity contribution in [2.45, 2.75) is 20.0 Å². The van der Waals surface area contributed by atoms with E-state index in [9.17, 15) is 14.7 Å². The molecule has 1 saturated heterocycles. The number of hydrogen-bond acceptors (Lipinski definition) is 7. The smallest absolute Gasteiger partial charge is 0.323 e. The molecule has 1 unspecified atom stereocenters. The quantitative estimate of drug-likeness (QED) is 0.210. The van der Waals surface area contributed by atoms with Crippen LogP contribution in [0.5, 0.6) is 11.5 Å². The predicted molar refractivity (Wildman–Crippen MR) is 195 cm³/mol. The van der Waals surface area contributed by atoms with Crippen LogP contribution >= 0.6 is 0 Å². The third-order valence-corrected chi connectivity index (χ3v) is 8.57. The molecule has 0 saturated carbocycles. The summed E-state index contributed by atoms with van der Waals surface area (Å²) in [5, 5.41) is 13.4. The number of aryl methyl sites for hydroxylation is 2. The standard InChI is InChI=1S/C24H33N3O4.C15H12N2O/c1-18-7-6-8-19(2)24(18)25-23(29)16-27-13-11-26(12-14-27)15-20(28)17-31-22-10-5-4-9-21(22)30-3;16-15(18)17-13-7-3-1-5-11(13)9-10-12-6-2-4-8-14(12)17/h4-10,20,28H,11-17H2,1-3H3,(H,25,29);1-10H,(H2,16,18). The highest BCUT2D eigenvalue weighted by molar-refractivity contribution is 6.04. The fourth-order valence-corrected chi connectivity index (χ4v) is 6.01. The number of nitrogens with zero attached hydrogens (tertiary/aromatic N) is 3. The minimum absolute atomic E-state index is 0.0103. The molecule has 4 N–H and O–H groups in total. The molecule has 4 aromatic rings. The van der Waals surface area contributed by atoms with E-state index in [-0.39, 0.29) is 12.5 Å². The third-order valence-electron chi connectivity index (χ3n) is 8.57. The number of carbonyl (C=O) groups excluding carboxylic acids is 2. The summed E-state index contributed by atoms with van der Waals surface area (Å²) < 4.78 is 11.0. The van der Waals surface area contributed by atoms with Gasteiger partial charge in [-0.05, 0) is 60.4 Å². The number of para-hydroxylation sites is 5. The number of ether oxygens (including phenoxy) is 2. The second-order valence-electron chi connectivity index (χ2n) is 12.1. The molecule has 4 aromatic carbocycles. The zero-order chi connectivity index (χ0) is 34.8. The van der Waals surface area contributed by atoms with Crippen molar-refractivity contribution in [3.8, 4) is 11.5 Å². The van der Waals surface area contributed by atoms with Gasteiger partial charge in [0.05, 0.1) is 25.0 Å². The molecular formula is C39H45N5O5. The van der Waals surface area contributed by atoms with Crippen LogP contribution < -0.4 is 25.4 Å². The number of amides is 3. The number of aliphatic hydroxyl groups excluding tert-OH is 1. The van der Waals surface area contributed by atoms with Gasteiger partial charge in [-0.2, -0.15) is 0 Å². The van der Waals surface area contributed by atoms with Crippen LogP contribution in [0.1, 0.15) is 22.3 Å². The number of benzene rings is 4. The molecule has 1 atom stereocenters. The van der Waals surface area contributed by atoms with E-state index < -0.39 is 12.1 Å². The first-order valence-corrected chi connectivity index (χ1v) is 16.4. The number of methoxy groups -OCH3 is 1. The van der Waals surface area contributed by atoms with Gasteiger partial charge in [0.1, 0.15) is 12.7 Å². The minimum atomic E-state index is -0.594. The summed E-state index contributed by atoms with van der Waals surface area (Å²) in [5.41, 5.74) is 12.2. The van der Waals surface area contributed by atoms with Gasteiger partial charge in [0.25, 0.3) is 0 Å². The number of anilines is 3. The number of fused-ring (bicyclic) bond motifs is 2. The number of primary amides is 1. The molecule has 49 heavy (non-hydrogen) atoms. The summed E-state index contributed by atoms with van der Waals surface area (Å²) in [7, 11) is 1.60. The Morgan fingerprint density at radius 3 is 1.88 bits per heavy atom. The average Bonchev–Trinajstić information content (AvgIpc) is 3.27. The van der Waals surface area contributed by atoms with E-state index >= 15 is 0 Å². The van der Waals surface area contributed by atoms with Crippen LogP contribution in [0, 0.1) is 13.8 Å². The topological polar surface area (TPSA) is 121 Å². The number of piperazine rings is 1. The SMILES string of the molecule is COc1ccccc1OCC(O)CN1CCN(CC(=O)Nc2c(C)cccc2C)CC1.NC(=O)N1c2ccccc2C=Cc2ccccc21. The Balaban J connectivity index is 0.000000219. The average molecular weight is 664 g/mol. The summed E-state index contributed by atoms with van der Waals surface area (Å²) in [4.78, 5) is 30.1. The molecule has 0 aromatic heterocycles. The van der Waals surface area contributed by atoms with Crippen LogP contribution in [0.4, 0.5) is 21.9 Å². The van der Waals surface area contributed by atoms with Crippen molar-refractivity contribution in [2.24, 2.45) is 5.73 Å². The zero-order valence-corrected chi connectivity index (χ0v) is 28.3. The zero-order valence-electron chi connectivity index (χ0n) is 28.3. The Morgan fingerprint density at radius 2 is 1.31 bits per heavy atom. The maximum atomic E-state index is 12.5. The van der Waals surface area contributed by atoms with E-state index in [1.54, 1.807) is 12.0 Å². The predicted octanol–water partition coefficient (Wildman–Crippen LogP) is 5.70. The van der Waals surface area contributed by atoms with Crippen LogP contribution in [0.2, 0.25) is 0 Å². The first kappa shape index (κ1) is 35.2. The van der Waals surface area contributed by atoms with Crippen molar-refractivity contribution < 1.29 is 24.2 Å². The normalized spacial score (nSPS) is 14.7. The molecular weight excluding hydrogens is 618 g/mol. The van der Waals surface area contributed by atoms with Gasteiger partial charge >= 0.3 is 6.03 Å². The molecule has 0 aliphatic carbocycles. The van der Waals surface area contributed by atoms with Gasteiger partial charge in [0.15, 0.2) is 11.5 Å². The Kier molecular flexibility index (Phi) is 12.0. The summed E-state index contributed by atoms with van der Waals surface area (Å²) in [6.07, 6.45) is 3.40. The number of β-amino-alcohol motifs (C(OH)–C–C–N with tert-alkyl or cyclic N) is 1. The van der Waals surface area contributed by atoms with Crippen molar-refractivity contribution in [3.63, 3.8) is 0 Å². The molecule has 10 nitrogen and oxygen atoms in total. The molecule has 0 bridgehead atoms. The van der Waals surface area contributed by atoms with E-state index in [0.29, 0.717) is 24.6 Å². The molecule has 3 amide bonds. The van der Waals surface area contributed by atoms with Crippen molar-refractivity contribution in [2.75, 3.05) is 63.2 Å². The lowest BCUT2D eigenvalue weighted by Gasteiger charge is -2.35. The number of nitrogens with one attached hydrogen (secondary N) is 1. The second kappa shape index (κ2) is 16.8. The Morgan fingerprint density at radius 1 is 0.776 bits per heavy atom. The molecule has 10 heteroatoms. The maximum absolute atomic E-state index is 12.5. The van der Waals surface area contributed by atoms with E-state index in [1.165, 1.54) is 0 Å². The van der Waals surface area contributed by atoms with Crippen molar-refractivity contribution in [1.82, 2.24) is 9.80 Å². The summed E-state index contributed by atoms with van der Waals surface area (Å²) in [6.45, 7) is 8.33. The van der Waals surface area contributed by atoms with Gasteiger partial charge in [-0.15, -0.1) is 0 Å². The van der Waals surface area contributed by atoms with E-state index in [4.69, 9.17) is 15.2 Å². The van der Waals surface area contributed by atoms with E-state index in [1.807, 2.05) is 117 Å². The van der Waals surface area contributed by atoms with Gasteiger partial charge in [0.2, 0.25) is 5.91 Å². The maximum Gasteiger partial charge on any atom is 0.323 e. The number of nitrogens with two attached hydrogens (primary N) is 1. The van der Waals surface area contributed by atoms with Crippen LogP contribution in [0.15, 0.2) is 91.0 Å². The molecule has 1 fully saturated rings. The first-order valence-electron chi connectivity index (χ1n) is 16.4. The third kappa shape index (κ3) is 9.26. The molecule has 6 rings (SSSR count). The first-order chi connectivity index (χ1) is 23.7. The van der Waals surface area contributed by atoms with Crippen LogP contribution in [0.25, 0.3) is 12.2 Å². The highest BCUT2D eigenvalue weighted by Crippen LogP contribution is 2.35. The second-order valence-corrected chi connectivity index (χ2v) is 12.1. The number of urea groups is 1. The fraction of sp³-hybridized carbons (Fsp3) is 0.282. The van der Waals surface area contributed by atoms with Crippen LogP contribution in [-0.4, -0.2) is 85.9 Å². The largest absolute Gasteiger partial charge is 0.493 e. The summed E-state index contributed by atoms with van der Waals surface area (Å²) >= 11 is 0. The summed E-state index contributed by atoms with van der Waals surface area (Å²) in [5.74, 6) is 1.29. The molecule has 256 valence electrons. The van der Waals surface area contributed by atoms with Crippen molar-refractivity contribution >= 4 is 41.2 Å².